The van der Waals surface area contributed by atoms with Crippen LogP contribution in [0, 0.1) is 5.92 Å². The van der Waals surface area contributed by atoms with E-state index in [9.17, 15) is 5.11 Å². The Hall–Kier alpha value is -2.20. The van der Waals surface area contributed by atoms with Crippen LogP contribution in [0.1, 0.15) is 32.0 Å². The van der Waals surface area contributed by atoms with Crippen molar-refractivity contribution in [3.05, 3.63) is 47.8 Å². The maximum absolute atomic E-state index is 11.4. The first-order valence-electron chi connectivity index (χ1n) is 9.42. The number of ether oxygens (including phenoxy) is 2. The predicted octanol–water partition coefficient (Wildman–Crippen LogP) is 2.85. The van der Waals surface area contributed by atoms with Crippen molar-refractivity contribution >= 4 is 23.2 Å². The number of nitrogen functional groups attached to an aromatic ring is 1. The van der Waals surface area contributed by atoms with Gasteiger partial charge in [0.2, 0.25) is 10.9 Å². The van der Waals surface area contributed by atoms with Crippen LogP contribution in [0.15, 0.2) is 41.7 Å². The lowest BCUT2D eigenvalue weighted by Gasteiger charge is -2.34. The van der Waals surface area contributed by atoms with Gasteiger partial charge in [-0.15, -0.1) is 5.10 Å². The Labute approximate surface area is 174 Å². The molecular weight excluding hydrogens is 390 g/mol. The maximum atomic E-state index is 11.4. The Balaban J connectivity index is 1.79. The van der Waals surface area contributed by atoms with Crippen molar-refractivity contribution in [1.82, 2.24) is 19.6 Å². The average molecular weight is 418 g/mol. The van der Waals surface area contributed by atoms with Gasteiger partial charge >= 0.3 is 0 Å². The van der Waals surface area contributed by atoms with Gasteiger partial charge in [-0.2, -0.15) is 0 Å². The summed E-state index contributed by atoms with van der Waals surface area (Å²) in [5.41, 5.74) is 7.87. The molecule has 0 amide bonds. The van der Waals surface area contributed by atoms with Gasteiger partial charge in [0.05, 0.1) is 25.5 Å². The van der Waals surface area contributed by atoms with Crippen LogP contribution in [0.4, 0.5) is 5.82 Å². The van der Waals surface area contributed by atoms with Crippen LogP contribution in [0.25, 0.3) is 5.65 Å². The number of rotatable bonds is 9. The van der Waals surface area contributed by atoms with E-state index in [0.29, 0.717) is 29.7 Å². The second-order valence-corrected chi connectivity index (χ2v) is 7.92. The predicted molar refractivity (Wildman–Crippen MR) is 112 cm³/mol. The van der Waals surface area contributed by atoms with Gasteiger partial charge in [-0.1, -0.05) is 55.9 Å². The zero-order valence-electron chi connectivity index (χ0n) is 17.1. The standard InChI is InChI=1S/C20H27N5O3S/c1-13(2)20(26,28-14(3)11-27-12-15-8-6-5-7-9-15)16-10-22-18-17(21)23-19(29-4)24-25(16)18/h5-10,13-14,26H,11-12H2,1-4H3,(H2,21,23,24). The normalized spacial score (nSPS) is 15.0. The molecule has 0 fully saturated rings. The number of nitrogens with two attached hydrogens (primary N) is 1. The summed E-state index contributed by atoms with van der Waals surface area (Å²) in [6.45, 7) is 6.41. The quantitative estimate of drug-likeness (QED) is 0.404. The van der Waals surface area contributed by atoms with Crippen LogP contribution in [-0.2, 0) is 21.9 Å². The summed E-state index contributed by atoms with van der Waals surface area (Å²) in [4.78, 5) is 8.48. The summed E-state index contributed by atoms with van der Waals surface area (Å²) in [6, 6.07) is 9.91. The van der Waals surface area contributed by atoms with Gasteiger partial charge < -0.3 is 20.3 Å². The highest BCUT2D eigenvalue weighted by Crippen LogP contribution is 2.33. The number of aromatic nitrogens is 4. The smallest absolute Gasteiger partial charge is 0.214 e. The van der Waals surface area contributed by atoms with Gasteiger partial charge in [-0.05, 0) is 18.7 Å². The lowest BCUT2D eigenvalue weighted by atomic mass is 9.99. The minimum absolute atomic E-state index is 0.251. The van der Waals surface area contributed by atoms with E-state index in [4.69, 9.17) is 15.2 Å². The highest BCUT2D eigenvalue weighted by Gasteiger charge is 2.40. The third-order valence-corrected chi connectivity index (χ3v) is 5.08. The van der Waals surface area contributed by atoms with E-state index in [2.05, 4.69) is 15.1 Å². The van der Waals surface area contributed by atoms with Crippen LogP contribution in [0.5, 0.6) is 0 Å². The largest absolute Gasteiger partial charge is 0.380 e. The fraction of sp³-hybridized carbons (Fsp3) is 0.450. The van der Waals surface area contributed by atoms with Crippen LogP contribution in [0.3, 0.4) is 0 Å². The molecule has 0 aliphatic carbocycles. The summed E-state index contributed by atoms with van der Waals surface area (Å²) in [5.74, 6) is -1.64. The number of anilines is 1. The zero-order chi connectivity index (χ0) is 21.0. The highest BCUT2D eigenvalue weighted by molar-refractivity contribution is 7.98. The molecule has 0 bridgehead atoms. The molecule has 2 heterocycles. The minimum atomic E-state index is -1.62. The zero-order valence-corrected chi connectivity index (χ0v) is 17.9. The van der Waals surface area contributed by atoms with E-state index >= 15 is 0 Å². The molecule has 3 rings (SSSR count). The number of thioether (sulfide) groups is 1. The molecule has 8 nitrogen and oxygen atoms in total. The van der Waals surface area contributed by atoms with Gasteiger partial charge in [0.25, 0.3) is 0 Å². The third-order valence-electron chi connectivity index (χ3n) is 4.55. The molecule has 0 radical (unpaired) electrons. The Morgan fingerprint density at radius 3 is 2.62 bits per heavy atom. The summed E-state index contributed by atoms with van der Waals surface area (Å²) >= 11 is 1.36. The van der Waals surface area contributed by atoms with Gasteiger partial charge in [0, 0.05) is 5.92 Å². The van der Waals surface area contributed by atoms with E-state index in [-0.39, 0.29) is 17.8 Å². The highest BCUT2D eigenvalue weighted by atomic mass is 32.2. The molecule has 0 aliphatic heterocycles. The third kappa shape index (κ3) is 4.69. The lowest BCUT2D eigenvalue weighted by molar-refractivity contribution is -0.271. The van der Waals surface area contributed by atoms with Gasteiger partial charge in [0.1, 0.15) is 5.69 Å². The number of hydrogen-bond acceptors (Lipinski definition) is 8. The summed E-state index contributed by atoms with van der Waals surface area (Å²) in [5, 5.41) is 16.4. The second-order valence-electron chi connectivity index (χ2n) is 7.14. The van der Waals surface area contributed by atoms with Crippen molar-refractivity contribution in [3.63, 3.8) is 0 Å². The lowest BCUT2D eigenvalue weighted by Crippen LogP contribution is -2.40. The van der Waals surface area contributed by atoms with Crippen LogP contribution in [0.2, 0.25) is 0 Å². The van der Waals surface area contributed by atoms with Crippen molar-refractivity contribution in [1.29, 1.82) is 0 Å². The first-order chi connectivity index (χ1) is 13.8. The second kappa shape index (κ2) is 9.08. The Morgan fingerprint density at radius 2 is 1.97 bits per heavy atom. The van der Waals surface area contributed by atoms with E-state index in [1.807, 2.05) is 57.4 Å². The monoisotopic (exact) mass is 417 g/mol. The number of imidazole rings is 1. The van der Waals surface area contributed by atoms with Crippen LogP contribution >= 0.6 is 11.8 Å². The topological polar surface area (TPSA) is 108 Å². The Bertz CT molecular complexity index is 950. The van der Waals surface area contributed by atoms with Gasteiger partial charge in [0.15, 0.2) is 11.5 Å². The maximum Gasteiger partial charge on any atom is 0.214 e. The number of nitrogens with zero attached hydrogens (tertiary/aromatic N) is 4. The molecule has 29 heavy (non-hydrogen) atoms. The van der Waals surface area contributed by atoms with Crippen molar-refractivity contribution in [2.75, 3.05) is 18.6 Å². The van der Waals surface area contributed by atoms with Crippen LogP contribution < -0.4 is 5.73 Å². The molecule has 3 aromatic rings. The number of benzene rings is 1. The molecular formula is C20H27N5O3S. The molecule has 2 aromatic heterocycles. The first kappa shape index (κ1) is 21.5. The van der Waals surface area contributed by atoms with E-state index in [0.717, 1.165) is 5.56 Å². The van der Waals surface area contributed by atoms with E-state index < -0.39 is 5.79 Å². The van der Waals surface area contributed by atoms with Gasteiger partial charge in [-0.3, -0.25) is 0 Å². The van der Waals surface area contributed by atoms with Gasteiger partial charge in [-0.25, -0.2) is 14.5 Å². The molecule has 2 unspecified atom stereocenters. The summed E-state index contributed by atoms with van der Waals surface area (Å²) in [6.07, 6.45) is 3.02. The number of aliphatic hydroxyl groups is 1. The molecule has 2 atom stereocenters. The van der Waals surface area contributed by atoms with Crippen molar-refractivity contribution in [3.8, 4) is 0 Å². The molecule has 3 N–H and O–H groups in total. The minimum Gasteiger partial charge on any atom is -0.380 e. The Kier molecular flexibility index (Phi) is 6.74. The average Bonchev–Trinajstić information content (AvgIpc) is 3.13. The fourth-order valence-corrected chi connectivity index (χ4v) is 3.32. The van der Waals surface area contributed by atoms with Crippen molar-refractivity contribution < 1.29 is 14.6 Å². The van der Waals surface area contributed by atoms with Crippen LogP contribution in [-0.4, -0.2) is 43.7 Å². The van der Waals surface area contributed by atoms with Crippen molar-refractivity contribution in [2.24, 2.45) is 5.92 Å². The van der Waals surface area contributed by atoms with Crippen molar-refractivity contribution in [2.45, 2.75) is 44.4 Å². The first-order valence-corrected chi connectivity index (χ1v) is 10.6. The summed E-state index contributed by atoms with van der Waals surface area (Å²) in [7, 11) is 0. The SMILES string of the molecule is CSc1nc(N)c2ncc(C(O)(OC(C)COCc3ccccc3)C(C)C)n2n1. The van der Waals surface area contributed by atoms with E-state index in [1.165, 1.54) is 22.5 Å². The molecule has 0 aliphatic rings. The summed E-state index contributed by atoms with van der Waals surface area (Å²) < 4.78 is 13.3. The molecule has 0 spiro atoms. The fourth-order valence-electron chi connectivity index (χ4n) is 2.96. The molecule has 156 valence electrons. The number of fused-ring (bicyclic) bond motifs is 1. The molecule has 0 saturated carbocycles. The number of hydrogen-bond donors (Lipinski definition) is 2. The molecule has 1 aromatic carbocycles. The van der Waals surface area contributed by atoms with E-state index in [1.54, 1.807) is 0 Å². The Morgan fingerprint density at radius 1 is 1.24 bits per heavy atom. The molecule has 0 saturated heterocycles. The molecule has 9 heteroatoms.